The highest BCUT2D eigenvalue weighted by molar-refractivity contribution is 6.13. The monoisotopic (exact) mass is 456 g/mol. The number of rotatable bonds is 4. The van der Waals surface area contributed by atoms with E-state index in [1.54, 1.807) is 36.4 Å². The van der Waals surface area contributed by atoms with Crippen LogP contribution in [0.15, 0.2) is 58.6 Å². The highest BCUT2D eigenvalue weighted by atomic mass is 16.5. The largest absolute Gasteiger partial charge is 0.508 e. The Morgan fingerprint density at radius 1 is 1.06 bits per heavy atom. The van der Waals surface area contributed by atoms with Crippen LogP contribution in [-0.4, -0.2) is 27.1 Å². The van der Waals surface area contributed by atoms with Crippen LogP contribution in [0.4, 0.5) is 16.3 Å². The lowest BCUT2D eigenvalue weighted by atomic mass is 9.93. The molecule has 2 aromatic heterocycles. The van der Waals surface area contributed by atoms with Crippen molar-refractivity contribution in [3.05, 3.63) is 76.7 Å². The maximum absolute atomic E-state index is 13.1. The summed E-state index contributed by atoms with van der Waals surface area (Å²) in [5.74, 6) is 1.07. The summed E-state index contributed by atoms with van der Waals surface area (Å²) >= 11 is 0. The molecule has 4 aromatic rings. The van der Waals surface area contributed by atoms with Crippen LogP contribution in [0.5, 0.6) is 5.75 Å². The van der Waals surface area contributed by atoms with Gasteiger partial charge in [0.2, 0.25) is 5.78 Å². The number of hydrogen-bond acceptors (Lipinski definition) is 5. The molecule has 2 heterocycles. The number of nitrogens with one attached hydrogen (secondary N) is 3. The van der Waals surface area contributed by atoms with Crippen molar-refractivity contribution in [2.45, 2.75) is 32.6 Å². The average Bonchev–Trinajstić information content (AvgIpc) is 3.49. The predicted octanol–water partition coefficient (Wildman–Crippen LogP) is 5.63. The predicted molar refractivity (Wildman–Crippen MR) is 130 cm³/mol. The summed E-state index contributed by atoms with van der Waals surface area (Å²) in [6.07, 6.45) is 2.35. The minimum Gasteiger partial charge on any atom is -0.508 e. The molecule has 8 heteroatoms. The van der Waals surface area contributed by atoms with Crippen LogP contribution in [0.2, 0.25) is 0 Å². The van der Waals surface area contributed by atoms with Crippen molar-refractivity contribution in [2.75, 3.05) is 10.6 Å². The Kier molecular flexibility index (Phi) is 5.01. The molecule has 8 nitrogen and oxygen atoms in total. The third-order valence-electron chi connectivity index (χ3n) is 5.75. The van der Waals surface area contributed by atoms with Crippen molar-refractivity contribution >= 4 is 40.3 Å². The zero-order valence-corrected chi connectivity index (χ0v) is 19.0. The fraction of sp³-hybridized carbons (Fsp3) is 0.192. The van der Waals surface area contributed by atoms with E-state index in [0.717, 1.165) is 22.0 Å². The summed E-state index contributed by atoms with van der Waals surface area (Å²) in [5.41, 5.74) is 4.20. The number of carbonyl (C=O) groups is 2. The molecule has 0 spiro atoms. The average molecular weight is 457 g/mol. The van der Waals surface area contributed by atoms with Crippen LogP contribution in [-0.2, 0) is 11.8 Å². The number of anilines is 2. The maximum atomic E-state index is 13.1. The summed E-state index contributed by atoms with van der Waals surface area (Å²) in [5, 5.41) is 19.8. The van der Waals surface area contributed by atoms with Gasteiger partial charge in [-0.2, -0.15) is 0 Å². The number of nitrogens with zero attached hydrogens (tertiary/aromatic N) is 1. The third-order valence-corrected chi connectivity index (χ3v) is 5.75. The third kappa shape index (κ3) is 4.17. The zero-order chi connectivity index (χ0) is 24.0. The van der Waals surface area contributed by atoms with Gasteiger partial charge < -0.3 is 19.9 Å². The number of allylic oxidation sites excluding steroid dienone is 1. The lowest BCUT2D eigenvalue weighted by Gasteiger charge is -2.12. The number of phenols is 1. The summed E-state index contributed by atoms with van der Waals surface area (Å²) in [7, 11) is 0. The van der Waals surface area contributed by atoms with Crippen molar-refractivity contribution in [2.24, 2.45) is 0 Å². The van der Waals surface area contributed by atoms with Crippen LogP contribution in [0.25, 0.3) is 17.0 Å². The minimum absolute atomic E-state index is 0.0974. The van der Waals surface area contributed by atoms with E-state index in [2.05, 4.69) is 20.8 Å². The van der Waals surface area contributed by atoms with Gasteiger partial charge >= 0.3 is 6.03 Å². The Hall–Kier alpha value is -4.33. The van der Waals surface area contributed by atoms with Crippen LogP contribution in [0.1, 0.15) is 48.1 Å². The van der Waals surface area contributed by atoms with Crippen molar-refractivity contribution in [3.63, 3.8) is 0 Å². The molecule has 0 saturated heterocycles. The van der Waals surface area contributed by atoms with Gasteiger partial charge in [-0.05, 0) is 53.6 Å². The van der Waals surface area contributed by atoms with Crippen LogP contribution in [0, 0.1) is 0 Å². The Balaban J connectivity index is 1.29. The standard InChI is InChI=1S/C26H24N4O4/c1-26(2,3)22-13-23(30-34-22)29-25(33)27-18-5-4-14-8-17(9-15(14)10-18)24(32)21-12-16-11-19(31)6-7-20(16)28-21/h4-7,9-13,28,31H,8H2,1-3H3,(H2,27,29,30,33). The molecule has 2 aromatic carbocycles. The number of urea groups is 1. The Bertz CT molecular complexity index is 1470. The number of aromatic amines is 1. The number of aromatic hydroxyl groups is 1. The molecular formula is C26H24N4O4. The molecule has 0 unspecified atom stereocenters. The number of hydrogen-bond donors (Lipinski definition) is 4. The topological polar surface area (TPSA) is 120 Å². The lowest BCUT2D eigenvalue weighted by Crippen LogP contribution is -2.19. The number of phenolic OH excluding ortho intramolecular Hbond substituents is 1. The number of Topliss-reactive ketones (excluding diaryl/α,β-unsaturated/α-hetero) is 1. The minimum atomic E-state index is -0.437. The fourth-order valence-corrected chi connectivity index (χ4v) is 3.94. The summed E-state index contributed by atoms with van der Waals surface area (Å²) in [6, 6.07) is 13.5. The van der Waals surface area contributed by atoms with E-state index in [0.29, 0.717) is 35.0 Å². The molecule has 1 aliphatic carbocycles. The van der Waals surface area contributed by atoms with Gasteiger partial charge in [0, 0.05) is 40.1 Å². The van der Waals surface area contributed by atoms with Gasteiger partial charge in [0.1, 0.15) is 11.5 Å². The SMILES string of the molecule is CC(C)(C)c1cc(NC(=O)Nc2ccc3c(c2)C=C(C(=O)c2cc4cc(O)ccc4[nH]2)C3)no1. The van der Waals surface area contributed by atoms with Crippen LogP contribution >= 0.6 is 0 Å². The molecule has 0 radical (unpaired) electrons. The maximum Gasteiger partial charge on any atom is 0.324 e. The van der Waals surface area contributed by atoms with E-state index in [9.17, 15) is 14.7 Å². The van der Waals surface area contributed by atoms with Gasteiger partial charge in [0.25, 0.3) is 0 Å². The van der Waals surface area contributed by atoms with Gasteiger partial charge in [-0.3, -0.25) is 10.1 Å². The molecule has 0 atom stereocenters. The normalized spacial score (nSPS) is 13.0. The van der Waals surface area contributed by atoms with Crippen LogP contribution < -0.4 is 10.6 Å². The summed E-state index contributed by atoms with van der Waals surface area (Å²) in [6.45, 7) is 5.99. The van der Waals surface area contributed by atoms with E-state index < -0.39 is 6.03 Å². The summed E-state index contributed by atoms with van der Waals surface area (Å²) in [4.78, 5) is 28.6. The van der Waals surface area contributed by atoms with Crippen molar-refractivity contribution < 1.29 is 19.2 Å². The first-order chi connectivity index (χ1) is 16.2. The van der Waals surface area contributed by atoms with E-state index >= 15 is 0 Å². The first kappa shape index (κ1) is 21.5. The van der Waals surface area contributed by atoms with E-state index in [-0.39, 0.29) is 16.9 Å². The van der Waals surface area contributed by atoms with Gasteiger partial charge in [-0.15, -0.1) is 0 Å². The second kappa shape index (κ2) is 7.91. The van der Waals surface area contributed by atoms with E-state index in [1.807, 2.05) is 39.0 Å². The molecular weight excluding hydrogens is 432 g/mol. The smallest absolute Gasteiger partial charge is 0.324 e. The number of carbonyl (C=O) groups excluding carboxylic acids is 2. The van der Waals surface area contributed by atoms with Gasteiger partial charge in [0.15, 0.2) is 5.82 Å². The molecule has 0 bridgehead atoms. The number of ketones is 1. The van der Waals surface area contributed by atoms with Crippen LogP contribution in [0.3, 0.4) is 0 Å². The molecule has 0 saturated carbocycles. The second-order valence-electron chi connectivity index (χ2n) is 9.45. The molecule has 0 aliphatic heterocycles. The fourth-order valence-electron chi connectivity index (χ4n) is 3.94. The molecule has 4 N–H and O–H groups in total. The molecule has 0 fully saturated rings. The molecule has 34 heavy (non-hydrogen) atoms. The van der Waals surface area contributed by atoms with Crippen molar-refractivity contribution in [1.82, 2.24) is 10.1 Å². The quantitative estimate of drug-likeness (QED) is 0.297. The molecule has 172 valence electrons. The van der Waals surface area contributed by atoms with Gasteiger partial charge in [0.05, 0.1) is 5.69 Å². The Morgan fingerprint density at radius 3 is 2.65 bits per heavy atom. The molecule has 2 amide bonds. The summed E-state index contributed by atoms with van der Waals surface area (Å²) < 4.78 is 5.29. The first-order valence-corrected chi connectivity index (χ1v) is 10.9. The lowest BCUT2D eigenvalue weighted by molar-refractivity contribution is 0.103. The number of aromatic nitrogens is 2. The Morgan fingerprint density at radius 2 is 1.88 bits per heavy atom. The van der Waals surface area contributed by atoms with E-state index in [1.165, 1.54) is 0 Å². The first-order valence-electron chi connectivity index (χ1n) is 10.9. The molecule has 5 rings (SSSR count). The second-order valence-corrected chi connectivity index (χ2v) is 9.45. The number of amides is 2. The van der Waals surface area contributed by atoms with Crippen molar-refractivity contribution in [1.29, 1.82) is 0 Å². The zero-order valence-electron chi connectivity index (χ0n) is 19.0. The Labute approximate surface area is 195 Å². The van der Waals surface area contributed by atoms with Gasteiger partial charge in [-0.25, -0.2) is 4.79 Å². The molecule has 1 aliphatic rings. The number of H-pyrrole nitrogens is 1. The highest BCUT2D eigenvalue weighted by Crippen LogP contribution is 2.31. The number of benzene rings is 2. The number of fused-ring (bicyclic) bond motifs is 2. The van der Waals surface area contributed by atoms with Crippen molar-refractivity contribution in [3.8, 4) is 5.75 Å². The highest BCUT2D eigenvalue weighted by Gasteiger charge is 2.23. The van der Waals surface area contributed by atoms with E-state index in [4.69, 9.17) is 4.52 Å². The van der Waals surface area contributed by atoms with Gasteiger partial charge in [-0.1, -0.05) is 32.0 Å².